The highest BCUT2D eigenvalue weighted by atomic mass is 35.5. The van der Waals surface area contributed by atoms with Crippen molar-refractivity contribution in [2.75, 3.05) is 0 Å². The Balaban J connectivity index is 2.67. The quantitative estimate of drug-likeness (QED) is 0.612. The molecule has 17 heavy (non-hydrogen) atoms. The van der Waals surface area contributed by atoms with E-state index in [4.69, 9.17) is 23.2 Å². The molecule has 1 aromatic heterocycles. The number of aromatic nitrogens is 1. The molecule has 3 rings (SSSR count). The molecule has 2 aromatic carbocycles. The molecule has 1 heterocycles. The molecule has 0 saturated heterocycles. The normalized spacial score (nSPS) is 11.2. The molecule has 0 aliphatic rings. The van der Waals surface area contributed by atoms with Crippen LogP contribution in [0.15, 0.2) is 41.2 Å². The second kappa shape index (κ2) is 3.76. The Labute approximate surface area is 107 Å². The number of benzene rings is 2. The van der Waals surface area contributed by atoms with Crippen molar-refractivity contribution in [3.8, 4) is 0 Å². The van der Waals surface area contributed by atoms with Gasteiger partial charge in [0.1, 0.15) is 0 Å². The van der Waals surface area contributed by atoms with Gasteiger partial charge in [-0.2, -0.15) is 0 Å². The molecule has 4 heteroatoms. The maximum Gasteiger partial charge on any atom is 0.257 e. The summed E-state index contributed by atoms with van der Waals surface area (Å²) in [5.74, 6) is 0. The molecular formula is C13H7Cl2NO. The van der Waals surface area contributed by atoms with Gasteiger partial charge in [0.25, 0.3) is 5.56 Å². The SMILES string of the molecule is O=c1[nH]c2ccc(Cl)cc2c2cccc(Cl)c12. The van der Waals surface area contributed by atoms with Crippen LogP contribution in [0.1, 0.15) is 0 Å². The van der Waals surface area contributed by atoms with Crippen LogP contribution in [0.5, 0.6) is 0 Å². The van der Waals surface area contributed by atoms with Crippen molar-refractivity contribution in [2.45, 2.75) is 0 Å². The van der Waals surface area contributed by atoms with Crippen molar-refractivity contribution >= 4 is 44.9 Å². The lowest BCUT2D eigenvalue weighted by Crippen LogP contribution is -2.06. The van der Waals surface area contributed by atoms with E-state index in [9.17, 15) is 4.79 Å². The van der Waals surface area contributed by atoms with Gasteiger partial charge in [-0.15, -0.1) is 0 Å². The van der Waals surface area contributed by atoms with Crippen molar-refractivity contribution in [3.05, 3.63) is 56.8 Å². The number of nitrogens with one attached hydrogen (secondary N) is 1. The van der Waals surface area contributed by atoms with E-state index in [1.807, 2.05) is 18.2 Å². The average Bonchev–Trinajstić information content (AvgIpc) is 2.30. The summed E-state index contributed by atoms with van der Waals surface area (Å²) in [5, 5.41) is 3.30. The highest BCUT2D eigenvalue weighted by Gasteiger charge is 2.08. The topological polar surface area (TPSA) is 32.9 Å². The van der Waals surface area contributed by atoms with Gasteiger partial charge in [0.05, 0.1) is 10.4 Å². The predicted molar refractivity (Wildman–Crippen MR) is 72.1 cm³/mol. The zero-order valence-corrected chi connectivity index (χ0v) is 10.1. The van der Waals surface area contributed by atoms with E-state index in [1.54, 1.807) is 18.2 Å². The number of aromatic amines is 1. The van der Waals surface area contributed by atoms with E-state index in [-0.39, 0.29) is 5.56 Å². The van der Waals surface area contributed by atoms with Crippen LogP contribution in [-0.4, -0.2) is 4.98 Å². The van der Waals surface area contributed by atoms with Gasteiger partial charge in [0, 0.05) is 15.9 Å². The molecule has 0 spiro atoms. The van der Waals surface area contributed by atoms with Crippen molar-refractivity contribution in [1.29, 1.82) is 0 Å². The zero-order valence-electron chi connectivity index (χ0n) is 8.63. The van der Waals surface area contributed by atoms with Gasteiger partial charge in [0.2, 0.25) is 0 Å². The summed E-state index contributed by atoms with van der Waals surface area (Å²) < 4.78 is 0. The van der Waals surface area contributed by atoms with E-state index >= 15 is 0 Å². The first kappa shape index (κ1) is 10.6. The van der Waals surface area contributed by atoms with Gasteiger partial charge < -0.3 is 4.98 Å². The third kappa shape index (κ3) is 1.61. The van der Waals surface area contributed by atoms with E-state index in [1.165, 1.54) is 0 Å². The first-order chi connectivity index (χ1) is 8.16. The minimum atomic E-state index is -0.180. The lowest BCUT2D eigenvalue weighted by Gasteiger charge is -2.05. The number of hydrogen-bond donors (Lipinski definition) is 1. The van der Waals surface area contributed by atoms with Crippen LogP contribution in [0.2, 0.25) is 10.0 Å². The number of halogens is 2. The summed E-state index contributed by atoms with van der Waals surface area (Å²) in [5.41, 5.74) is 0.578. The number of pyridine rings is 1. The Morgan fingerprint density at radius 2 is 1.82 bits per heavy atom. The third-order valence-corrected chi connectivity index (χ3v) is 3.31. The molecule has 0 bridgehead atoms. The van der Waals surface area contributed by atoms with Gasteiger partial charge in [0.15, 0.2) is 0 Å². The minimum Gasteiger partial charge on any atom is -0.321 e. The first-order valence-corrected chi connectivity index (χ1v) is 5.82. The van der Waals surface area contributed by atoms with Crippen LogP contribution in [0.4, 0.5) is 0 Å². The molecule has 0 saturated carbocycles. The summed E-state index contributed by atoms with van der Waals surface area (Å²) in [6.07, 6.45) is 0. The van der Waals surface area contributed by atoms with Crippen molar-refractivity contribution in [1.82, 2.24) is 4.98 Å². The summed E-state index contributed by atoms with van der Waals surface area (Å²) >= 11 is 12.0. The van der Waals surface area contributed by atoms with Gasteiger partial charge in [-0.05, 0) is 29.7 Å². The molecule has 84 valence electrons. The Morgan fingerprint density at radius 1 is 1.00 bits per heavy atom. The van der Waals surface area contributed by atoms with Crippen LogP contribution in [0, 0.1) is 0 Å². The van der Waals surface area contributed by atoms with E-state index in [0.29, 0.717) is 15.4 Å². The monoisotopic (exact) mass is 263 g/mol. The number of rotatable bonds is 0. The average molecular weight is 264 g/mol. The Morgan fingerprint density at radius 3 is 2.65 bits per heavy atom. The lowest BCUT2D eigenvalue weighted by molar-refractivity contribution is 1.34. The molecule has 0 atom stereocenters. The van der Waals surface area contributed by atoms with Crippen LogP contribution in [0.25, 0.3) is 21.7 Å². The second-order valence-corrected chi connectivity index (χ2v) is 4.65. The fourth-order valence-electron chi connectivity index (χ4n) is 2.01. The third-order valence-electron chi connectivity index (χ3n) is 2.76. The van der Waals surface area contributed by atoms with Gasteiger partial charge in [-0.1, -0.05) is 35.3 Å². The van der Waals surface area contributed by atoms with Crippen molar-refractivity contribution in [3.63, 3.8) is 0 Å². The van der Waals surface area contributed by atoms with Crippen molar-refractivity contribution in [2.24, 2.45) is 0 Å². The molecular weight excluding hydrogens is 257 g/mol. The largest absolute Gasteiger partial charge is 0.321 e. The van der Waals surface area contributed by atoms with Gasteiger partial charge in [-0.3, -0.25) is 4.79 Å². The van der Waals surface area contributed by atoms with Gasteiger partial charge >= 0.3 is 0 Å². The summed E-state index contributed by atoms with van der Waals surface area (Å²) in [6.45, 7) is 0. The van der Waals surface area contributed by atoms with Crippen LogP contribution >= 0.6 is 23.2 Å². The molecule has 0 amide bonds. The fraction of sp³-hybridized carbons (Fsp3) is 0. The second-order valence-electron chi connectivity index (χ2n) is 3.81. The Kier molecular flexibility index (Phi) is 2.35. The fourth-order valence-corrected chi connectivity index (χ4v) is 2.44. The zero-order chi connectivity index (χ0) is 12.0. The molecule has 0 fully saturated rings. The maximum atomic E-state index is 11.9. The van der Waals surface area contributed by atoms with E-state index in [2.05, 4.69) is 4.98 Å². The molecule has 0 unspecified atom stereocenters. The maximum absolute atomic E-state index is 11.9. The molecule has 3 aromatic rings. The van der Waals surface area contributed by atoms with Crippen LogP contribution < -0.4 is 5.56 Å². The Bertz CT molecular complexity index is 792. The highest BCUT2D eigenvalue weighted by Crippen LogP contribution is 2.27. The summed E-state index contributed by atoms with van der Waals surface area (Å²) in [7, 11) is 0. The highest BCUT2D eigenvalue weighted by molar-refractivity contribution is 6.36. The standard InChI is InChI=1S/C13H7Cl2NO/c14-7-4-5-11-9(6-7)8-2-1-3-10(15)12(8)13(17)16-11/h1-6H,(H,16,17). The van der Waals surface area contributed by atoms with Gasteiger partial charge in [-0.25, -0.2) is 0 Å². The summed E-state index contributed by atoms with van der Waals surface area (Å²) in [4.78, 5) is 14.7. The molecule has 0 aliphatic heterocycles. The van der Waals surface area contributed by atoms with Crippen LogP contribution in [0.3, 0.4) is 0 Å². The summed E-state index contributed by atoms with van der Waals surface area (Å²) in [6, 6.07) is 10.8. The molecule has 2 nitrogen and oxygen atoms in total. The first-order valence-electron chi connectivity index (χ1n) is 5.06. The van der Waals surface area contributed by atoms with E-state index < -0.39 is 0 Å². The molecule has 1 N–H and O–H groups in total. The number of fused-ring (bicyclic) bond motifs is 3. The van der Waals surface area contributed by atoms with E-state index in [0.717, 1.165) is 16.3 Å². The molecule has 0 aliphatic carbocycles. The smallest absolute Gasteiger partial charge is 0.257 e. The number of hydrogen-bond acceptors (Lipinski definition) is 1. The Hall–Kier alpha value is -1.51. The van der Waals surface area contributed by atoms with Crippen molar-refractivity contribution < 1.29 is 0 Å². The minimum absolute atomic E-state index is 0.180. The van der Waals surface area contributed by atoms with Crippen LogP contribution in [-0.2, 0) is 0 Å². The lowest BCUT2D eigenvalue weighted by atomic mass is 10.1. The number of H-pyrrole nitrogens is 1. The predicted octanol–water partition coefficient (Wildman–Crippen LogP) is 3.99. The molecule has 0 radical (unpaired) electrons.